The molecular weight excluding hydrogens is 817 g/mol. The normalized spacial score (nSPS) is 17.9. The van der Waals surface area contributed by atoms with Gasteiger partial charge in [0, 0.05) is 45.9 Å². The van der Waals surface area contributed by atoms with E-state index in [1.54, 1.807) is 51.4 Å². The van der Waals surface area contributed by atoms with Gasteiger partial charge >= 0.3 is 0 Å². The van der Waals surface area contributed by atoms with E-state index in [2.05, 4.69) is 22.2 Å². The number of likely N-dealkylation sites (tertiary alicyclic amines) is 1. The Hall–Kier alpha value is -4.63. The van der Waals surface area contributed by atoms with E-state index in [0.717, 1.165) is 29.0 Å². The van der Waals surface area contributed by atoms with Gasteiger partial charge in [0.05, 0.1) is 42.7 Å². The second-order valence-corrected chi connectivity index (χ2v) is 18.5. The fourth-order valence-electron chi connectivity index (χ4n) is 8.93. The number of benzene rings is 2. The fourth-order valence-corrected chi connectivity index (χ4v) is 9.62. The van der Waals surface area contributed by atoms with Gasteiger partial charge in [-0.25, -0.2) is 4.98 Å². The zero-order valence-electron chi connectivity index (χ0n) is 39.1. The van der Waals surface area contributed by atoms with Crippen LogP contribution in [0.3, 0.4) is 0 Å². The van der Waals surface area contributed by atoms with Gasteiger partial charge in [-0.3, -0.25) is 24.1 Å². The summed E-state index contributed by atoms with van der Waals surface area (Å²) < 4.78 is 12.2. The molecule has 1 aliphatic heterocycles. The number of phenols is 1. The van der Waals surface area contributed by atoms with Crippen LogP contribution in [0.5, 0.6) is 5.75 Å². The van der Waals surface area contributed by atoms with Crippen LogP contribution < -0.4 is 10.6 Å². The Balaban J connectivity index is 1.47. The Morgan fingerprint density at radius 1 is 0.968 bits per heavy atom. The quantitative estimate of drug-likeness (QED) is 0.0865. The van der Waals surface area contributed by atoms with Crippen LogP contribution in [0, 0.1) is 17.8 Å². The Morgan fingerprint density at radius 2 is 1.65 bits per heavy atom. The number of nitrogens with one attached hydrogen (secondary N) is 2. The van der Waals surface area contributed by atoms with Crippen molar-refractivity contribution in [3.8, 4) is 5.75 Å². The Bertz CT molecular complexity index is 1910. The smallest absolute Gasteiger partial charge is 0.245 e. The minimum absolute atomic E-state index is 0.0160. The van der Waals surface area contributed by atoms with Crippen LogP contribution in [0.2, 0.25) is 0 Å². The number of rotatable bonds is 24. The van der Waals surface area contributed by atoms with Crippen molar-refractivity contribution < 1.29 is 33.8 Å². The fraction of sp³-hybridized carbons (Fsp3) is 0.571. The van der Waals surface area contributed by atoms with Crippen molar-refractivity contribution in [3.63, 3.8) is 0 Å². The molecule has 1 saturated heterocycles. The molecule has 9 unspecified atom stereocenters. The lowest BCUT2D eigenvalue weighted by Crippen LogP contribution is -2.59. The highest BCUT2D eigenvalue weighted by atomic mass is 32.1. The van der Waals surface area contributed by atoms with Crippen LogP contribution in [-0.4, -0.2) is 126 Å². The number of nitrogens with zero attached hydrogens (tertiary/aromatic N) is 4. The predicted molar refractivity (Wildman–Crippen MR) is 249 cm³/mol. The second-order valence-electron chi connectivity index (χ2n) is 17.6. The molecule has 14 heteroatoms. The first kappa shape index (κ1) is 51.0. The second kappa shape index (κ2) is 24.4. The van der Waals surface area contributed by atoms with Gasteiger partial charge in [0.1, 0.15) is 22.8 Å². The van der Waals surface area contributed by atoms with Crippen LogP contribution >= 0.6 is 11.3 Å². The van der Waals surface area contributed by atoms with Crippen LogP contribution in [0.25, 0.3) is 0 Å². The highest BCUT2D eigenvalue weighted by Gasteiger charge is 2.43. The molecule has 3 N–H and O–H groups in total. The van der Waals surface area contributed by atoms with Crippen LogP contribution in [0.4, 0.5) is 0 Å². The minimum Gasteiger partial charge on any atom is -0.508 e. The van der Waals surface area contributed by atoms with E-state index < -0.39 is 36.3 Å². The Kier molecular flexibility index (Phi) is 19.8. The summed E-state index contributed by atoms with van der Waals surface area (Å²) in [4.78, 5) is 66.9. The summed E-state index contributed by atoms with van der Waals surface area (Å²) in [7, 11) is 6.75. The van der Waals surface area contributed by atoms with E-state index in [1.165, 1.54) is 11.3 Å². The van der Waals surface area contributed by atoms with E-state index in [9.17, 15) is 24.3 Å². The number of aromatic hydroxyl groups is 1. The van der Waals surface area contributed by atoms with E-state index in [-0.39, 0.29) is 59.7 Å². The van der Waals surface area contributed by atoms with Gasteiger partial charge in [0.15, 0.2) is 0 Å². The number of phenolic OH excluding ortho intramolecular Hbond substituents is 1. The largest absolute Gasteiger partial charge is 0.508 e. The zero-order chi connectivity index (χ0) is 46.4. The zero-order valence-corrected chi connectivity index (χ0v) is 39.9. The molecule has 4 rings (SSSR count). The number of carbonyl (C=O) groups excluding carboxylic acids is 4. The number of ether oxygens (including phenoxy) is 2. The van der Waals surface area contributed by atoms with Crippen LogP contribution in [-0.2, 0) is 41.5 Å². The molecule has 0 bridgehead atoms. The maximum atomic E-state index is 14.6. The van der Waals surface area contributed by atoms with Gasteiger partial charge in [0.2, 0.25) is 23.6 Å². The Labute approximate surface area is 379 Å². The molecule has 1 aliphatic rings. The van der Waals surface area contributed by atoms with Gasteiger partial charge in [0.25, 0.3) is 0 Å². The van der Waals surface area contributed by atoms with Crippen molar-refractivity contribution in [2.75, 3.05) is 41.4 Å². The number of likely N-dealkylation sites (N-methyl/N-ethyl adjacent to an activating group) is 2. The minimum atomic E-state index is -0.851. The molecule has 0 aliphatic carbocycles. The van der Waals surface area contributed by atoms with Crippen LogP contribution in [0.15, 0.2) is 78.3 Å². The average Bonchev–Trinajstić information content (AvgIpc) is 3.99. The van der Waals surface area contributed by atoms with Crippen molar-refractivity contribution in [2.45, 2.75) is 122 Å². The van der Waals surface area contributed by atoms with Gasteiger partial charge < -0.3 is 35.0 Å². The molecule has 0 spiro atoms. The summed E-state index contributed by atoms with van der Waals surface area (Å²) in [6.45, 7) is 16.7. The summed E-state index contributed by atoms with van der Waals surface area (Å²) in [6, 6.07) is 14.3. The predicted octanol–water partition coefficient (Wildman–Crippen LogP) is 6.43. The van der Waals surface area contributed by atoms with Gasteiger partial charge in [-0.05, 0) is 74.8 Å². The van der Waals surface area contributed by atoms with Crippen molar-refractivity contribution in [1.82, 2.24) is 30.3 Å². The third-order valence-corrected chi connectivity index (χ3v) is 13.6. The molecule has 2 heterocycles. The van der Waals surface area contributed by atoms with Gasteiger partial charge in [-0.2, -0.15) is 0 Å². The number of thiazole rings is 1. The molecule has 0 radical (unpaired) electrons. The molecule has 1 aromatic heterocycles. The molecule has 346 valence electrons. The lowest BCUT2D eigenvalue weighted by atomic mass is 9.89. The first-order chi connectivity index (χ1) is 30.0. The van der Waals surface area contributed by atoms with E-state index in [1.807, 2.05) is 99.3 Å². The molecule has 13 nitrogen and oxygen atoms in total. The molecule has 9 atom stereocenters. The molecule has 2 aromatic carbocycles. The maximum absolute atomic E-state index is 14.6. The average molecular weight is 889 g/mol. The first-order valence-corrected chi connectivity index (χ1v) is 23.2. The standard InChI is InChI=1S/C49H72N6O7S/c1-12-33(6)44(54(9)49(60)42(31(2)3)52-47(59)43(32(4)5)53(8)27-24-35-20-22-37(56)23-21-35)40(61-10)30-41(57)55-26-16-19-39(55)45(62-11)34(7)46(58)51-38(48-50-25-28-63-48)29-36-17-14-13-15-18-36/h13-15,17-18,20-23,25,28,31,33-34,38-40,42-45,56H,4,12,16,19,24,26-27,29-30H2,1-3,5-11H3,(H,51,58)(H,52,59). The lowest BCUT2D eigenvalue weighted by molar-refractivity contribution is -0.148. The number of hydrogen-bond acceptors (Lipinski definition) is 10. The van der Waals surface area contributed by atoms with Crippen molar-refractivity contribution >= 4 is 35.0 Å². The third kappa shape index (κ3) is 13.7. The summed E-state index contributed by atoms with van der Waals surface area (Å²) in [5.74, 6) is -1.58. The molecule has 0 saturated carbocycles. The SMILES string of the molecule is C=C(C)C(C(=O)NC(C(=O)N(C)C(C(C)CC)C(CC(=O)N1CCCC1C(OC)C(C)C(=O)NC(Cc1ccccc1)c1nccs1)OC)C(C)C)N(C)CCc1ccc(O)cc1. The van der Waals surface area contributed by atoms with Gasteiger partial charge in [-0.15, -0.1) is 11.3 Å². The van der Waals surface area contributed by atoms with Crippen LogP contribution in [0.1, 0.15) is 89.4 Å². The summed E-state index contributed by atoms with van der Waals surface area (Å²) in [5.41, 5.74) is 2.75. The van der Waals surface area contributed by atoms with Crippen molar-refractivity contribution in [3.05, 3.63) is 94.5 Å². The maximum Gasteiger partial charge on any atom is 0.245 e. The third-order valence-electron chi connectivity index (χ3n) is 12.7. The van der Waals surface area contributed by atoms with Crippen molar-refractivity contribution in [1.29, 1.82) is 0 Å². The molecule has 4 amide bonds. The van der Waals surface area contributed by atoms with E-state index in [4.69, 9.17) is 9.47 Å². The van der Waals surface area contributed by atoms with E-state index >= 15 is 0 Å². The summed E-state index contributed by atoms with van der Waals surface area (Å²) in [6.07, 6.45) is 3.94. The first-order valence-electron chi connectivity index (χ1n) is 22.3. The number of carbonyl (C=O) groups is 4. The lowest BCUT2D eigenvalue weighted by Gasteiger charge is -2.41. The molecular formula is C49H72N6O7S. The van der Waals surface area contributed by atoms with E-state index in [0.29, 0.717) is 37.9 Å². The Morgan fingerprint density at radius 3 is 2.22 bits per heavy atom. The molecule has 1 fully saturated rings. The van der Waals surface area contributed by atoms with Crippen molar-refractivity contribution in [2.24, 2.45) is 17.8 Å². The summed E-state index contributed by atoms with van der Waals surface area (Å²) in [5, 5.41) is 18.7. The highest BCUT2D eigenvalue weighted by Crippen LogP contribution is 2.31. The number of hydrogen-bond donors (Lipinski definition) is 3. The number of amides is 4. The highest BCUT2D eigenvalue weighted by molar-refractivity contribution is 7.09. The molecule has 63 heavy (non-hydrogen) atoms. The van der Waals surface area contributed by atoms with Gasteiger partial charge in [-0.1, -0.05) is 95.7 Å². The summed E-state index contributed by atoms with van der Waals surface area (Å²) >= 11 is 1.50. The molecule has 3 aromatic rings. The number of aromatic nitrogens is 1. The number of methoxy groups -OCH3 is 2. The topological polar surface area (TPSA) is 154 Å². The monoisotopic (exact) mass is 889 g/mol.